The summed E-state index contributed by atoms with van der Waals surface area (Å²) >= 11 is 0. The van der Waals surface area contributed by atoms with Crippen molar-refractivity contribution in [3.05, 3.63) is 107 Å². The first-order valence-electron chi connectivity index (χ1n) is 14.3. The molecule has 4 nitrogen and oxygen atoms in total. The van der Waals surface area contributed by atoms with Crippen LogP contribution in [0.5, 0.6) is 0 Å². The van der Waals surface area contributed by atoms with E-state index in [4.69, 9.17) is 0 Å². The van der Waals surface area contributed by atoms with E-state index in [9.17, 15) is 13.0 Å². The van der Waals surface area contributed by atoms with E-state index in [1.165, 1.54) is 23.3 Å². The summed E-state index contributed by atoms with van der Waals surface area (Å²) < 4.78 is 46.1. The van der Waals surface area contributed by atoms with Crippen molar-refractivity contribution in [2.45, 2.75) is 69.4 Å². The van der Waals surface area contributed by atoms with Crippen LogP contribution >= 0.6 is 0 Å². The van der Waals surface area contributed by atoms with Gasteiger partial charge in [0.1, 0.15) is 22.5 Å². The Bertz CT molecular complexity index is 1580. The highest BCUT2D eigenvalue weighted by Gasteiger charge is 2.45. The molecule has 214 valence electrons. The lowest BCUT2D eigenvalue weighted by Gasteiger charge is -2.46. The number of fused-ring (bicyclic) bond motifs is 2. The largest absolute Gasteiger partial charge is 0.239 e. The summed E-state index contributed by atoms with van der Waals surface area (Å²) in [4.78, 5) is 0.811. The molecule has 3 atom stereocenters. The fourth-order valence-corrected chi connectivity index (χ4v) is 7.57. The van der Waals surface area contributed by atoms with Gasteiger partial charge in [0.25, 0.3) is 0 Å². The second-order valence-corrected chi connectivity index (χ2v) is 14.5. The van der Waals surface area contributed by atoms with E-state index >= 15 is 0 Å². The molecule has 0 saturated carbocycles. The first-order valence-corrected chi connectivity index (χ1v) is 15.4. The highest BCUT2D eigenvalue weighted by Crippen LogP contribution is 2.49. The zero-order valence-corrected chi connectivity index (χ0v) is 25.0. The van der Waals surface area contributed by atoms with Gasteiger partial charge < -0.3 is 0 Å². The van der Waals surface area contributed by atoms with Crippen LogP contribution in [0.25, 0.3) is 11.8 Å². The summed E-state index contributed by atoms with van der Waals surface area (Å²) in [5.41, 5.74) is 4.98. The molecule has 2 aromatic carbocycles. The van der Waals surface area contributed by atoms with Gasteiger partial charge in [-0.3, -0.25) is 0 Å². The quantitative estimate of drug-likeness (QED) is 0.314. The van der Waals surface area contributed by atoms with Crippen molar-refractivity contribution in [3.63, 3.8) is 0 Å². The van der Waals surface area contributed by atoms with Crippen molar-refractivity contribution in [2.24, 2.45) is 5.41 Å². The van der Waals surface area contributed by atoms with E-state index in [2.05, 4.69) is 48.4 Å². The normalized spacial score (nSPS) is 25.2. The third-order valence-electron chi connectivity index (χ3n) is 8.70. The molecule has 0 bridgehead atoms. The molecular weight excluding hydrogens is 536 g/mol. The minimum atomic E-state index is -1.32. The maximum Gasteiger partial charge on any atom is 0.130 e. The van der Waals surface area contributed by atoms with E-state index in [1.807, 2.05) is 35.2 Å². The fourth-order valence-electron chi connectivity index (χ4n) is 6.29. The molecule has 3 aromatic rings. The topological polar surface area (TPSA) is 38.1 Å². The van der Waals surface area contributed by atoms with Crippen LogP contribution < -0.4 is 0 Å². The predicted octanol–water partition coefficient (Wildman–Crippen LogP) is 7.67. The monoisotopic (exact) mass is 573 g/mol. The van der Waals surface area contributed by atoms with Crippen LogP contribution in [0.3, 0.4) is 0 Å². The molecule has 0 amide bonds. The second kappa shape index (κ2) is 10.3. The molecule has 0 radical (unpaired) electrons. The van der Waals surface area contributed by atoms with Gasteiger partial charge >= 0.3 is 0 Å². The number of rotatable bonds is 5. The zero-order valence-electron chi connectivity index (χ0n) is 24.2. The Morgan fingerprint density at radius 1 is 1.07 bits per heavy atom. The number of hydrogen-bond acceptors (Lipinski definition) is 2. The van der Waals surface area contributed by atoms with Crippen LogP contribution in [0, 0.1) is 11.2 Å². The van der Waals surface area contributed by atoms with Crippen molar-refractivity contribution < 1.29 is 13.0 Å². The van der Waals surface area contributed by atoms with Crippen molar-refractivity contribution in [1.82, 2.24) is 14.1 Å². The molecule has 3 aliphatic rings. The van der Waals surface area contributed by atoms with Gasteiger partial charge in [-0.2, -0.15) is 5.10 Å². The Morgan fingerprint density at radius 3 is 2.46 bits per heavy atom. The molecule has 2 aliphatic carbocycles. The molecule has 3 unspecified atom stereocenters. The summed E-state index contributed by atoms with van der Waals surface area (Å²) in [6.07, 6.45) is 12.4. The van der Waals surface area contributed by atoms with Crippen LogP contribution in [0.1, 0.15) is 63.8 Å². The Hall–Kier alpha value is -3.16. The molecule has 1 aliphatic heterocycles. The number of aromatic nitrogens is 2. The summed E-state index contributed by atoms with van der Waals surface area (Å²) in [7, 11) is -1.30. The molecule has 7 heteroatoms. The number of allylic oxidation sites excluding steroid dienone is 4. The SMILES string of the molecule is CC1(F)C=CC(CC23Cc4cnn(-c5ccc(F)cc5)c4C=C2CCN(S(=O)c2ccc(C(C)(C)C)cc2)C3)=CC1. The summed E-state index contributed by atoms with van der Waals surface area (Å²) in [6.45, 7) is 9.45. The van der Waals surface area contributed by atoms with E-state index in [1.54, 1.807) is 25.1 Å². The smallest absolute Gasteiger partial charge is 0.130 e. The average Bonchev–Trinajstić information content (AvgIpc) is 3.34. The van der Waals surface area contributed by atoms with Gasteiger partial charge in [0, 0.05) is 24.9 Å². The van der Waals surface area contributed by atoms with Gasteiger partial charge in [-0.25, -0.2) is 22.0 Å². The Kier molecular flexibility index (Phi) is 7.02. The van der Waals surface area contributed by atoms with Crippen LogP contribution in [-0.4, -0.2) is 37.1 Å². The van der Waals surface area contributed by atoms with Crippen molar-refractivity contribution in [3.8, 4) is 5.69 Å². The molecule has 0 spiro atoms. The third kappa shape index (κ3) is 5.54. The zero-order chi connectivity index (χ0) is 29.0. The standard InChI is InChI=1S/C34H37F2N3OS/c1-32(2,3)26-5-11-30(12-6-26)41(40)38-18-15-27-19-31-25(22-37-39(31)29-9-7-28(35)8-10-29)21-34(27,23-38)20-24-13-16-33(4,36)17-14-24/h5-14,16,19,22H,15,17-18,20-21,23H2,1-4H3. The first-order chi connectivity index (χ1) is 19.4. The number of hydrogen-bond donors (Lipinski definition) is 0. The molecule has 1 saturated heterocycles. The van der Waals surface area contributed by atoms with Crippen LogP contribution in [0.2, 0.25) is 0 Å². The number of alkyl halides is 1. The van der Waals surface area contributed by atoms with Crippen molar-refractivity contribution >= 4 is 17.1 Å². The molecule has 1 fully saturated rings. The molecule has 0 N–H and O–H groups in total. The van der Waals surface area contributed by atoms with E-state index < -0.39 is 16.7 Å². The van der Waals surface area contributed by atoms with Gasteiger partial charge in [0.2, 0.25) is 0 Å². The van der Waals surface area contributed by atoms with Crippen LogP contribution in [0.15, 0.2) is 89.0 Å². The minimum absolute atomic E-state index is 0.0317. The third-order valence-corrected chi connectivity index (χ3v) is 10.2. The Balaban J connectivity index is 1.34. The first kappa shape index (κ1) is 28.0. The lowest BCUT2D eigenvalue weighted by atomic mass is 9.65. The molecular formula is C34H37F2N3OS. The van der Waals surface area contributed by atoms with E-state index in [-0.39, 0.29) is 16.6 Å². The Morgan fingerprint density at radius 2 is 1.80 bits per heavy atom. The molecule has 1 aromatic heterocycles. The number of benzene rings is 2. The van der Waals surface area contributed by atoms with Crippen LogP contribution in [-0.2, 0) is 22.8 Å². The van der Waals surface area contributed by atoms with Gasteiger partial charge in [0.15, 0.2) is 0 Å². The van der Waals surface area contributed by atoms with E-state index in [0.29, 0.717) is 19.5 Å². The second-order valence-electron chi connectivity index (χ2n) is 13.0. The average molecular weight is 574 g/mol. The summed E-state index contributed by atoms with van der Waals surface area (Å²) in [5.74, 6) is -0.279. The minimum Gasteiger partial charge on any atom is -0.239 e. The van der Waals surface area contributed by atoms with Gasteiger partial charge in [-0.05, 0) is 91.3 Å². The van der Waals surface area contributed by atoms with E-state index in [0.717, 1.165) is 46.7 Å². The lowest BCUT2D eigenvalue weighted by Crippen LogP contribution is -2.48. The van der Waals surface area contributed by atoms with Crippen LogP contribution in [0.4, 0.5) is 8.78 Å². The van der Waals surface area contributed by atoms with Gasteiger partial charge in [-0.15, -0.1) is 0 Å². The maximum absolute atomic E-state index is 14.6. The lowest BCUT2D eigenvalue weighted by molar-refractivity contribution is 0.214. The number of piperidine rings is 1. The molecule has 6 rings (SSSR count). The van der Waals surface area contributed by atoms with Crippen molar-refractivity contribution in [2.75, 3.05) is 13.1 Å². The van der Waals surface area contributed by atoms with Gasteiger partial charge in [-0.1, -0.05) is 56.2 Å². The maximum atomic E-state index is 14.6. The summed E-state index contributed by atoms with van der Waals surface area (Å²) in [6, 6.07) is 14.5. The van der Waals surface area contributed by atoms with Gasteiger partial charge in [0.05, 0.1) is 22.5 Å². The number of halogens is 2. The number of nitrogens with zero attached hydrogens (tertiary/aromatic N) is 3. The fraction of sp³-hybridized carbons (Fsp3) is 0.382. The highest BCUT2D eigenvalue weighted by atomic mass is 32.2. The Labute approximate surface area is 244 Å². The predicted molar refractivity (Wildman–Crippen MR) is 161 cm³/mol. The molecule has 2 heterocycles. The summed E-state index contributed by atoms with van der Waals surface area (Å²) in [5, 5.41) is 4.68. The van der Waals surface area contributed by atoms with Crippen molar-refractivity contribution in [1.29, 1.82) is 0 Å². The molecule has 41 heavy (non-hydrogen) atoms. The highest BCUT2D eigenvalue weighted by molar-refractivity contribution is 7.82.